The number of benzene rings is 1. The van der Waals surface area contributed by atoms with E-state index in [2.05, 4.69) is 20.3 Å². The maximum Gasteiger partial charge on any atom is 0.167 e. The first-order valence-corrected chi connectivity index (χ1v) is 8.43. The molecule has 4 atom stereocenters. The number of fused-ring (bicyclic) bond motifs is 1. The molecular weight excluding hydrogens is 373 g/mol. The fraction of sp³-hybridized carbons (Fsp3) is 0.353. The molecule has 3 heterocycles. The molecule has 0 bridgehead atoms. The van der Waals surface area contributed by atoms with Gasteiger partial charge in [0.2, 0.25) is 0 Å². The molecule has 11 heteroatoms. The number of nitrogens with one attached hydrogen (secondary N) is 1. The second-order valence-electron chi connectivity index (χ2n) is 6.34. The van der Waals surface area contributed by atoms with Gasteiger partial charge >= 0.3 is 0 Å². The molecule has 28 heavy (non-hydrogen) atoms. The van der Waals surface area contributed by atoms with Gasteiger partial charge in [-0.25, -0.2) is 19.3 Å². The van der Waals surface area contributed by atoms with Crippen LogP contribution in [0.15, 0.2) is 30.9 Å². The van der Waals surface area contributed by atoms with Gasteiger partial charge < -0.3 is 30.1 Å². The van der Waals surface area contributed by atoms with Crippen molar-refractivity contribution in [3.05, 3.63) is 36.7 Å². The average molecular weight is 391 g/mol. The molecule has 0 saturated carbocycles. The number of aromatic nitrogens is 4. The highest BCUT2D eigenvalue weighted by Crippen LogP contribution is 2.33. The van der Waals surface area contributed by atoms with Gasteiger partial charge in [-0.2, -0.15) is 0 Å². The molecule has 2 unspecified atom stereocenters. The number of imidazole rings is 1. The van der Waals surface area contributed by atoms with Crippen molar-refractivity contribution in [3.63, 3.8) is 0 Å². The number of anilines is 2. The Balaban J connectivity index is 1.66. The van der Waals surface area contributed by atoms with Crippen molar-refractivity contribution in [2.24, 2.45) is 0 Å². The molecule has 1 aliphatic rings. The van der Waals surface area contributed by atoms with E-state index in [-0.39, 0.29) is 6.61 Å². The van der Waals surface area contributed by atoms with Crippen LogP contribution in [-0.2, 0) is 9.47 Å². The summed E-state index contributed by atoms with van der Waals surface area (Å²) in [5.74, 6) is -0.934. The average Bonchev–Trinajstić information content (AvgIpc) is 3.22. The molecule has 1 aliphatic heterocycles. The largest absolute Gasteiger partial charge is 0.505 e. The summed E-state index contributed by atoms with van der Waals surface area (Å²) < 4.78 is 25.8. The van der Waals surface area contributed by atoms with E-state index >= 15 is 0 Å². The Hall–Kier alpha value is -2.86. The molecule has 0 spiro atoms. The molecule has 3 aromatic rings. The molecule has 2 aromatic heterocycles. The molecule has 0 radical (unpaired) electrons. The number of phenolic OH excluding ortho intramolecular Hbond substituents is 1. The van der Waals surface area contributed by atoms with Crippen LogP contribution in [0.1, 0.15) is 6.23 Å². The minimum absolute atomic E-state index is 0.121. The number of rotatable bonds is 5. The number of aromatic hydroxyl groups is 1. The summed E-state index contributed by atoms with van der Waals surface area (Å²) in [6, 6.07) is 3.82. The Kier molecular flexibility index (Phi) is 4.81. The first-order chi connectivity index (χ1) is 13.5. The fourth-order valence-corrected chi connectivity index (χ4v) is 3.11. The standard InChI is InChI=1S/C17H18FN5O5/c1-27-5-11-13(25)14(26)17(28-11)23-7-21-12-15(19-6-20-16(12)23)22-8-2-3-10(24)9(18)4-8/h2-4,6-7,11,13-14,17,24-26H,5H2,1H3,(H,19,20,22)/t11-,13?,14?,17-/m1/s1. The number of ether oxygens (including phenoxy) is 2. The lowest BCUT2D eigenvalue weighted by Crippen LogP contribution is -2.33. The monoisotopic (exact) mass is 391 g/mol. The number of aliphatic hydroxyl groups excluding tert-OH is 2. The molecule has 0 aliphatic carbocycles. The molecule has 1 saturated heterocycles. The Labute approximate surface area is 158 Å². The molecule has 10 nitrogen and oxygen atoms in total. The van der Waals surface area contributed by atoms with Crippen LogP contribution in [0.2, 0.25) is 0 Å². The van der Waals surface area contributed by atoms with Crippen molar-refractivity contribution in [2.75, 3.05) is 19.0 Å². The molecule has 1 fully saturated rings. The number of hydrogen-bond acceptors (Lipinski definition) is 9. The van der Waals surface area contributed by atoms with Crippen LogP contribution in [0.4, 0.5) is 15.9 Å². The predicted octanol–water partition coefficient (Wildman–Crippen LogP) is 0.680. The first kappa shape index (κ1) is 18.5. The molecule has 148 valence electrons. The number of phenols is 1. The summed E-state index contributed by atoms with van der Waals surface area (Å²) in [5, 5.41) is 32.7. The van der Waals surface area contributed by atoms with Gasteiger partial charge in [-0.3, -0.25) is 4.57 Å². The van der Waals surface area contributed by atoms with Gasteiger partial charge in [0.05, 0.1) is 12.9 Å². The quantitative estimate of drug-likeness (QED) is 0.463. The highest BCUT2D eigenvalue weighted by atomic mass is 19.1. The van der Waals surface area contributed by atoms with E-state index in [1.165, 1.54) is 36.5 Å². The Bertz CT molecular complexity index is 999. The van der Waals surface area contributed by atoms with Crippen molar-refractivity contribution in [2.45, 2.75) is 24.5 Å². The highest BCUT2D eigenvalue weighted by molar-refractivity contribution is 5.85. The van der Waals surface area contributed by atoms with E-state index in [0.717, 1.165) is 6.07 Å². The van der Waals surface area contributed by atoms with Gasteiger partial charge in [0.15, 0.2) is 34.8 Å². The summed E-state index contributed by atoms with van der Waals surface area (Å²) in [7, 11) is 1.47. The van der Waals surface area contributed by atoms with Gasteiger partial charge in [0, 0.05) is 18.9 Å². The molecular formula is C17H18FN5O5. The number of nitrogens with zero attached hydrogens (tertiary/aromatic N) is 4. The Morgan fingerprint density at radius 3 is 2.82 bits per heavy atom. The van der Waals surface area contributed by atoms with E-state index in [4.69, 9.17) is 9.47 Å². The van der Waals surface area contributed by atoms with Crippen LogP contribution in [0.25, 0.3) is 11.2 Å². The zero-order valence-corrected chi connectivity index (χ0v) is 14.7. The minimum Gasteiger partial charge on any atom is -0.505 e. The summed E-state index contributed by atoms with van der Waals surface area (Å²) in [6.07, 6.45) is -1.23. The van der Waals surface area contributed by atoms with Crippen LogP contribution in [0.5, 0.6) is 5.75 Å². The van der Waals surface area contributed by atoms with E-state index < -0.39 is 36.1 Å². The van der Waals surface area contributed by atoms with E-state index in [0.29, 0.717) is 22.7 Å². The summed E-state index contributed by atoms with van der Waals surface area (Å²) in [5.41, 5.74) is 1.07. The lowest BCUT2D eigenvalue weighted by Gasteiger charge is -2.16. The Morgan fingerprint density at radius 2 is 2.07 bits per heavy atom. The van der Waals surface area contributed by atoms with Crippen LogP contribution < -0.4 is 5.32 Å². The lowest BCUT2D eigenvalue weighted by atomic mass is 10.1. The van der Waals surface area contributed by atoms with Gasteiger partial charge in [-0.05, 0) is 12.1 Å². The predicted molar refractivity (Wildman–Crippen MR) is 94.5 cm³/mol. The molecule has 4 rings (SSSR count). The number of hydrogen-bond donors (Lipinski definition) is 4. The zero-order valence-electron chi connectivity index (χ0n) is 14.7. The van der Waals surface area contributed by atoms with E-state index in [9.17, 15) is 19.7 Å². The third kappa shape index (κ3) is 3.14. The van der Waals surface area contributed by atoms with E-state index in [1.54, 1.807) is 0 Å². The zero-order chi connectivity index (χ0) is 19.8. The SMILES string of the molecule is COC[C@H]1O[C@@H](n2cnc3c(Nc4ccc(O)c(F)c4)ncnc32)C(O)C1O. The molecule has 4 N–H and O–H groups in total. The number of halogens is 1. The van der Waals surface area contributed by atoms with E-state index in [1.807, 2.05) is 0 Å². The third-order valence-electron chi connectivity index (χ3n) is 4.51. The van der Waals surface area contributed by atoms with Crippen LogP contribution in [0, 0.1) is 5.82 Å². The van der Waals surface area contributed by atoms with Gasteiger partial charge in [-0.15, -0.1) is 0 Å². The molecule has 0 amide bonds. The third-order valence-corrected chi connectivity index (χ3v) is 4.51. The van der Waals surface area contributed by atoms with Gasteiger partial charge in [0.25, 0.3) is 0 Å². The van der Waals surface area contributed by atoms with Gasteiger partial charge in [0.1, 0.15) is 24.6 Å². The molecule has 1 aromatic carbocycles. The van der Waals surface area contributed by atoms with Crippen molar-refractivity contribution in [1.29, 1.82) is 0 Å². The van der Waals surface area contributed by atoms with Gasteiger partial charge in [-0.1, -0.05) is 0 Å². The number of methoxy groups -OCH3 is 1. The second kappa shape index (κ2) is 7.28. The second-order valence-corrected chi connectivity index (χ2v) is 6.34. The fourth-order valence-electron chi connectivity index (χ4n) is 3.11. The maximum absolute atomic E-state index is 13.6. The van der Waals surface area contributed by atoms with Crippen molar-refractivity contribution in [3.8, 4) is 5.75 Å². The smallest absolute Gasteiger partial charge is 0.167 e. The normalized spacial score (nSPS) is 24.7. The minimum atomic E-state index is -1.20. The number of aliphatic hydroxyl groups is 2. The highest BCUT2D eigenvalue weighted by Gasteiger charge is 2.44. The lowest BCUT2D eigenvalue weighted by molar-refractivity contribution is -0.0580. The summed E-state index contributed by atoms with van der Waals surface area (Å²) >= 11 is 0. The van der Waals surface area contributed by atoms with Crippen molar-refractivity contribution in [1.82, 2.24) is 19.5 Å². The van der Waals surface area contributed by atoms with Crippen molar-refractivity contribution < 1.29 is 29.2 Å². The maximum atomic E-state index is 13.6. The summed E-state index contributed by atoms with van der Waals surface area (Å²) in [4.78, 5) is 12.6. The van der Waals surface area contributed by atoms with Crippen LogP contribution in [-0.4, -0.2) is 66.9 Å². The van der Waals surface area contributed by atoms with Crippen LogP contribution in [0.3, 0.4) is 0 Å². The topological polar surface area (TPSA) is 135 Å². The first-order valence-electron chi connectivity index (χ1n) is 8.43. The van der Waals surface area contributed by atoms with Crippen LogP contribution >= 0.6 is 0 Å². The van der Waals surface area contributed by atoms with Crippen molar-refractivity contribution >= 4 is 22.7 Å². The summed E-state index contributed by atoms with van der Waals surface area (Å²) in [6.45, 7) is 0.121. The Morgan fingerprint density at radius 1 is 1.25 bits per heavy atom.